The highest BCUT2D eigenvalue weighted by atomic mass is 16.5. The number of phenolic OH excluding ortho intramolecular Hbond substituents is 2. The average Bonchev–Trinajstić information content (AvgIpc) is 3.55. The predicted octanol–water partition coefficient (Wildman–Crippen LogP) is 1.49. The van der Waals surface area contributed by atoms with Crippen LogP contribution in [-0.4, -0.2) is 104 Å². The van der Waals surface area contributed by atoms with Crippen molar-refractivity contribution in [1.82, 2.24) is 9.80 Å². The second-order valence-corrected chi connectivity index (χ2v) is 14.5. The molecule has 8 atom stereocenters. The number of rotatable bonds is 0. The van der Waals surface area contributed by atoms with E-state index >= 15 is 0 Å². The topological polar surface area (TPSA) is 140 Å². The smallest absolute Gasteiger partial charge is 0.174 e. The van der Waals surface area contributed by atoms with Crippen molar-refractivity contribution in [3.63, 3.8) is 0 Å². The molecular formula is C34H38N2O8. The maximum absolute atomic E-state index is 12.5. The van der Waals surface area contributed by atoms with Gasteiger partial charge >= 0.3 is 0 Å². The van der Waals surface area contributed by atoms with Gasteiger partial charge in [0.05, 0.1) is 22.0 Å². The van der Waals surface area contributed by atoms with Crippen LogP contribution in [0.15, 0.2) is 24.3 Å². The molecule has 2 saturated carbocycles. The number of ether oxygens (including phenoxy) is 2. The van der Waals surface area contributed by atoms with Gasteiger partial charge in [-0.15, -0.1) is 0 Å². The minimum absolute atomic E-state index is 0.00319. The van der Waals surface area contributed by atoms with Gasteiger partial charge in [0, 0.05) is 36.1 Å². The fourth-order valence-corrected chi connectivity index (χ4v) is 11.1. The second kappa shape index (κ2) is 8.34. The summed E-state index contributed by atoms with van der Waals surface area (Å²) in [4.78, 5) is 29.5. The molecule has 4 heterocycles. The van der Waals surface area contributed by atoms with Crippen LogP contribution in [0.5, 0.6) is 23.0 Å². The summed E-state index contributed by atoms with van der Waals surface area (Å²) >= 11 is 0. The van der Waals surface area contributed by atoms with Crippen molar-refractivity contribution in [2.75, 3.05) is 27.2 Å². The minimum Gasteiger partial charge on any atom is -0.504 e. The van der Waals surface area contributed by atoms with Crippen molar-refractivity contribution in [3.8, 4) is 23.0 Å². The number of hydrogen-bond donors (Lipinski definition) is 4. The molecule has 4 aliphatic carbocycles. The maximum Gasteiger partial charge on any atom is 0.174 e. The minimum atomic E-state index is -0.954. The number of nitrogens with zero attached hydrogens (tertiary/aromatic N) is 2. The molecule has 0 unspecified atom stereocenters. The Morgan fingerprint density at radius 1 is 0.682 bits per heavy atom. The van der Waals surface area contributed by atoms with E-state index < -0.39 is 34.2 Å². The molecule has 4 fully saturated rings. The molecule has 10 rings (SSSR count). The Hall–Kier alpha value is -3.18. The number of carbonyl (C=O) groups excluding carboxylic acids is 2. The van der Waals surface area contributed by atoms with Gasteiger partial charge in [-0.1, -0.05) is 12.1 Å². The summed E-state index contributed by atoms with van der Waals surface area (Å²) in [7, 11) is 4.09. The number of aromatic hydroxyl groups is 2. The molecular weight excluding hydrogens is 564 g/mol. The van der Waals surface area contributed by atoms with Gasteiger partial charge in [0.1, 0.15) is 0 Å². The number of carbonyl (C=O) groups is 2. The fourth-order valence-electron chi connectivity index (χ4n) is 11.1. The van der Waals surface area contributed by atoms with Crippen molar-refractivity contribution in [3.05, 3.63) is 46.5 Å². The lowest BCUT2D eigenvalue weighted by Crippen LogP contribution is -2.76. The number of aliphatic hydroxyl groups is 2. The molecule has 4 aliphatic heterocycles. The Labute approximate surface area is 255 Å². The van der Waals surface area contributed by atoms with Crippen LogP contribution in [0.1, 0.15) is 60.8 Å². The van der Waals surface area contributed by atoms with E-state index in [9.17, 15) is 30.0 Å². The highest BCUT2D eigenvalue weighted by Crippen LogP contribution is 2.66. The van der Waals surface area contributed by atoms with Crippen LogP contribution in [0.4, 0.5) is 0 Å². The number of piperidine rings is 2. The summed E-state index contributed by atoms with van der Waals surface area (Å²) in [6.07, 6.45) is 3.21. The number of phenols is 2. The molecule has 2 aromatic carbocycles. The highest BCUT2D eigenvalue weighted by Gasteiger charge is 2.74. The van der Waals surface area contributed by atoms with E-state index in [2.05, 4.69) is 9.80 Å². The summed E-state index contributed by atoms with van der Waals surface area (Å²) in [6, 6.07) is 7.14. The normalized spacial score (nSPS) is 42.0. The van der Waals surface area contributed by atoms with Crippen LogP contribution < -0.4 is 9.47 Å². The van der Waals surface area contributed by atoms with Crippen LogP contribution in [0.2, 0.25) is 0 Å². The largest absolute Gasteiger partial charge is 0.504 e. The van der Waals surface area contributed by atoms with Gasteiger partial charge in [0.2, 0.25) is 0 Å². The Morgan fingerprint density at radius 2 is 1.09 bits per heavy atom. The van der Waals surface area contributed by atoms with E-state index in [1.807, 2.05) is 26.2 Å². The van der Waals surface area contributed by atoms with Gasteiger partial charge in [-0.3, -0.25) is 9.59 Å². The molecule has 4 bridgehead atoms. The molecule has 10 nitrogen and oxygen atoms in total. The van der Waals surface area contributed by atoms with Crippen molar-refractivity contribution in [2.45, 2.75) is 97.7 Å². The second-order valence-electron chi connectivity index (χ2n) is 14.5. The van der Waals surface area contributed by atoms with Crippen LogP contribution in [0, 0.1) is 0 Å². The third-order valence-electron chi connectivity index (χ3n) is 13.1. The molecule has 2 saturated heterocycles. The summed E-state index contributed by atoms with van der Waals surface area (Å²) in [5.41, 5.74) is 0.740. The summed E-state index contributed by atoms with van der Waals surface area (Å²) < 4.78 is 11.9. The van der Waals surface area contributed by atoms with Gasteiger partial charge in [0.25, 0.3) is 0 Å². The SMILES string of the molecule is CN1CC[C@]23c4c5ccc(O)c4O[C@H]2C(=O)CC[C@@]3(O)[C@H]1C5.CN1CC[C@]23c4c5ccc(O)c4O[C@H]2C(=O)CC[C@@]3(O)[C@H]1C5. The van der Waals surface area contributed by atoms with E-state index in [1.54, 1.807) is 12.1 Å². The zero-order chi connectivity index (χ0) is 30.6. The standard InChI is InChI=1S/2C17H19NO4/c2*1-18-7-6-16-13-9-2-3-10(19)14(13)22-15(16)11(20)4-5-17(16,21)12(18)8-9/h2*2-3,12,15,19,21H,4-8H2,1H3/t2*12-,15+,16+,17-/m11/s1. The maximum atomic E-state index is 12.5. The Bertz CT molecular complexity index is 1560. The Balaban J connectivity index is 0.000000123. The summed E-state index contributed by atoms with van der Waals surface area (Å²) in [5.74, 6) is 1.12. The molecule has 2 aromatic rings. The number of ketones is 2. The van der Waals surface area contributed by atoms with E-state index in [1.165, 1.54) is 0 Å². The van der Waals surface area contributed by atoms with Gasteiger partial charge in [0.15, 0.2) is 46.8 Å². The zero-order valence-corrected chi connectivity index (χ0v) is 25.0. The lowest BCUT2D eigenvalue weighted by Gasteiger charge is -2.61. The van der Waals surface area contributed by atoms with Crippen molar-refractivity contribution >= 4 is 11.6 Å². The molecule has 232 valence electrons. The first-order chi connectivity index (χ1) is 21.0. The molecule has 2 spiro atoms. The number of likely N-dealkylation sites (tertiary alicyclic amines) is 2. The van der Waals surface area contributed by atoms with Gasteiger partial charge in [-0.25, -0.2) is 0 Å². The van der Waals surface area contributed by atoms with Crippen molar-refractivity contribution in [1.29, 1.82) is 0 Å². The zero-order valence-electron chi connectivity index (χ0n) is 25.0. The lowest BCUT2D eigenvalue weighted by molar-refractivity contribution is -0.185. The van der Waals surface area contributed by atoms with Crippen LogP contribution in [-0.2, 0) is 33.3 Å². The molecule has 0 aromatic heterocycles. The summed E-state index contributed by atoms with van der Waals surface area (Å²) in [6.45, 7) is 1.66. The molecule has 8 aliphatic rings. The van der Waals surface area contributed by atoms with Gasteiger partial charge in [-0.2, -0.15) is 0 Å². The Kier molecular flexibility index (Phi) is 5.15. The average molecular weight is 603 g/mol. The van der Waals surface area contributed by atoms with Crippen molar-refractivity contribution in [2.24, 2.45) is 0 Å². The molecule has 0 radical (unpaired) electrons. The van der Waals surface area contributed by atoms with Gasteiger partial charge < -0.3 is 39.7 Å². The van der Waals surface area contributed by atoms with Crippen LogP contribution in [0.3, 0.4) is 0 Å². The monoisotopic (exact) mass is 602 g/mol. The number of Topliss-reactive ketones (excluding diaryl/α,β-unsaturated/α-hetero) is 2. The highest BCUT2D eigenvalue weighted by molar-refractivity contribution is 5.91. The quantitative estimate of drug-likeness (QED) is 0.351. The Morgan fingerprint density at radius 3 is 1.50 bits per heavy atom. The molecule has 44 heavy (non-hydrogen) atoms. The van der Waals surface area contributed by atoms with E-state index in [4.69, 9.17) is 9.47 Å². The number of likely N-dealkylation sites (N-methyl/N-ethyl adjacent to an activating group) is 2. The van der Waals surface area contributed by atoms with E-state index in [0.29, 0.717) is 50.0 Å². The predicted molar refractivity (Wildman–Crippen MR) is 156 cm³/mol. The van der Waals surface area contributed by atoms with Gasteiger partial charge in [-0.05, 0) is 89.0 Å². The number of hydrogen-bond acceptors (Lipinski definition) is 10. The van der Waals surface area contributed by atoms with E-state index in [0.717, 1.165) is 48.2 Å². The van der Waals surface area contributed by atoms with Crippen LogP contribution in [0.25, 0.3) is 0 Å². The molecule has 10 heteroatoms. The van der Waals surface area contributed by atoms with Crippen molar-refractivity contribution < 1.29 is 39.5 Å². The summed E-state index contributed by atoms with van der Waals surface area (Å²) in [5, 5.41) is 43.7. The first-order valence-electron chi connectivity index (χ1n) is 15.9. The lowest BCUT2D eigenvalue weighted by atomic mass is 9.49. The first-order valence-corrected chi connectivity index (χ1v) is 15.9. The fraction of sp³-hybridized carbons (Fsp3) is 0.588. The molecule has 0 amide bonds. The third-order valence-corrected chi connectivity index (χ3v) is 13.1. The first kappa shape index (κ1) is 27.2. The molecule has 4 N–H and O–H groups in total. The van der Waals surface area contributed by atoms with E-state index in [-0.39, 0.29) is 35.1 Å². The van der Waals surface area contributed by atoms with Crippen LogP contribution >= 0.6 is 0 Å². The third kappa shape index (κ3) is 2.80. The number of benzene rings is 2.